The SMILES string of the molecule is CCCCCCCCCCCCCCCCCCC(O)C(CO)NC(=O)CC(O)CCCCCCCCCCCCCC. The van der Waals surface area contributed by atoms with Crippen LogP contribution in [0.4, 0.5) is 0 Å². The molecule has 43 heavy (non-hydrogen) atoms. The summed E-state index contributed by atoms with van der Waals surface area (Å²) >= 11 is 0. The molecule has 0 aromatic carbocycles. The van der Waals surface area contributed by atoms with Gasteiger partial charge in [-0.2, -0.15) is 0 Å². The lowest BCUT2D eigenvalue weighted by Gasteiger charge is -2.23. The normalized spacial score (nSPS) is 13.7. The number of amides is 1. The smallest absolute Gasteiger partial charge is 0.222 e. The van der Waals surface area contributed by atoms with Gasteiger partial charge >= 0.3 is 0 Å². The molecule has 0 aromatic rings. The Hall–Kier alpha value is -0.650. The Morgan fingerprint density at radius 3 is 1.12 bits per heavy atom. The van der Waals surface area contributed by atoms with E-state index in [0.717, 1.165) is 25.7 Å². The summed E-state index contributed by atoms with van der Waals surface area (Å²) < 4.78 is 0. The van der Waals surface area contributed by atoms with Gasteiger partial charge in [0, 0.05) is 0 Å². The molecule has 5 nitrogen and oxygen atoms in total. The van der Waals surface area contributed by atoms with E-state index in [1.807, 2.05) is 0 Å². The third kappa shape index (κ3) is 31.1. The minimum atomic E-state index is -0.742. The fraction of sp³-hybridized carbons (Fsp3) is 0.974. The van der Waals surface area contributed by atoms with Crippen molar-refractivity contribution >= 4 is 5.91 Å². The first kappa shape index (κ1) is 42.3. The Morgan fingerprint density at radius 2 is 0.791 bits per heavy atom. The fourth-order valence-electron chi connectivity index (χ4n) is 6.17. The molecular formula is C38H77NO4. The molecule has 0 bridgehead atoms. The number of carbonyl (C=O) groups is 1. The third-order valence-electron chi connectivity index (χ3n) is 9.17. The van der Waals surface area contributed by atoms with Gasteiger partial charge in [0.25, 0.3) is 0 Å². The molecule has 1 amide bonds. The summed E-state index contributed by atoms with van der Waals surface area (Å²) in [4.78, 5) is 12.4. The zero-order valence-electron chi connectivity index (χ0n) is 29.1. The van der Waals surface area contributed by atoms with Gasteiger partial charge in [-0.25, -0.2) is 0 Å². The van der Waals surface area contributed by atoms with Crippen LogP contribution >= 0.6 is 0 Å². The van der Waals surface area contributed by atoms with E-state index < -0.39 is 18.2 Å². The van der Waals surface area contributed by atoms with E-state index in [4.69, 9.17) is 0 Å². The van der Waals surface area contributed by atoms with E-state index in [1.165, 1.54) is 154 Å². The van der Waals surface area contributed by atoms with Crippen molar-refractivity contribution < 1.29 is 20.1 Å². The molecule has 0 aliphatic carbocycles. The Kier molecular flexibility index (Phi) is 33.7. The monoisotopic (exact) mass is 612 g/mol. The van der Waals surface area contributed by atoms with Crippen molar-refractivity contribution in [1.82, 2.24) is 5.32 Å². The number of hydrogen-bond donors (Lipinski definition) is 4. The number of aliphatic hydroxyl groups excluding tert-OH is 3. The highest BCUT2D eigenvalue weighted by Crippen LogP contribution is 2.16. The van der Waals surface area contributed by atoms with Crippen molar-refractivity contribution in [3.63, 3.8) is 0 Å². The van der Waals surface area contributed by atoms with Gasteiger partial charge in [0.1, 0.15) is 0 Å². The van der Waals surface area contributed by atoms with Gasteiger partial charge in [0.15, 0.2) is 0 Å². The van der Waals surface area contributed by atoms with Crippen LogP contribution in [-0.2, 0) is 4.79 Å². The number of nitrogens with one attached hydrogen (secondary N) is 1. The Balaban J connectivity index is 3.63. The maximum Gasteiger partial charge on any atom is 0.222 e. The topological polar surface area (TPSA) is 89.8 Å². The summed E-state index contributed by atoms with van der Waals surface area (Å²) in [6.45, 7) is 4.26. The number of carbonyl (C=O) groups excluding carboxylic acids is 1. The molecule has 0 aliphatic heterocycles. The molecule has 0 radical (unpaired) electrons. The van der Waals surface area contributed by atoms with Gasteiger partial charge in [-0.05, 0) is 12.8 Å². The average Bonchev–Trinajstić information content (AvgIpc) is 3.00. The molecule has 0 saturated heterocycles. The predicted molar refractivity (Wildman–Crippen MR) is 186 cm³/mol. The summed E-state index contributed by atoms with van der Waals surface area (Å²) in [5, 5.41) is 33.2. The molecule has 0 aliphatic rings. The second-order valence-electron chi connectivity index (χ2n) is 13.6. The molecule has 0 aromatic heterocycles. The molecule has 0 rings (SSSR count). The summed E-state index contributed by atoms with van der Waals surface area (Å²) in [5.74, 6) is -0.281. The summed E-state index contributed by atoms with van der Waals surface area (Å²) in [5.41, 5.74) is 0. The van der Waals surface area contributed by atoms with E-state index in [1.54, 1.807) is 0 Å². The lowest BCUT2D eigenvalue weighted by atomic mass is 10.0. The molecule has 4 N–H and O–H groups in total. The van der Waals surface area contributed by atoms with E-state index in [-0.39, 0.29) is 18.9 Å². The van der Waals surface area contributed by atoms with Crippen molar-refractivity contribution in [3.8, 4) is 0 Å². The fourth-order valence-corrected chi connectivity index (χ4v) is 6.17. The standard InChI is InChI=1S/C38H77NO4/c1-3-5-7-9-11-13-15-17-18-19-20-22-24-26-28-30-32-37(42)36(34-40)39-38(43)33-35(41)31-29-27-25-23-21-16-14-12-10-8-6-4-2/h35-37,40-42H,3-34H2,1-2H3,(H,39,43). The van der Waals surface area contributed by atoms with Crippen LogP contribution in [0, 0.1) is 0 Å². The van der Waals surface area contributed by atoms with E-state index in [2.05, 4.69) is 19.2 Å². The van der Waals surface area contributed by atoms with Crippen LogP contribution in [0.25, 0.3) is 0 Å². The van der Waals surface area contributed by atoms with E-state index >= 15 is 0 Å². The van der Waals surface area contributed by atoms with Crippen molar-refractivity contribution in [3.05, 3.63) is 0 Å². The number of aliphatic hydroxyl groups is 3. The van der Waals surface area contributed by atoms with Crippen LogP contribution in [0.5, 0.6) is 0 Å². The highest BCUT2D eigenvalue weighted by Gasteiger charge is 2.21. The Morgan fingerprint density at radius 1 is 0.488 bits per heavy atom. The Bertz CT molecular complexity index is 558. The van der Waals surface area contributed by atoms with Crippen LogP contribution in [0.3, 0.4) is 0 Å². The summed E-state index contributed by atoms with van der Waals surface area (Å²) in [6, 6.07) is -0.650. The quantitative estimate of drug-likeness (QED) is 0.0537. The maximum atomic E-state index is 12.4. The molecule has 0 fully saturated rings. The highest BCUT2D eigenvalue weighted by molar-refractivity contribution is 5.76. The van der Waals surface area contributed by atoms with Crippen molar-refractivity contribution in [2.24, 2.45) is 0 Å². The minimum absolute atomic E-state index is 0.0420. The van der Waals surface area contributed by atoms with Gasteiger partial charge in [-0.15, -0.1) is 0 Å². The molecule has 5 heteroatoms. The second-order valence-corrected chi connectivity index (χ2v) is 13.6. The predicted octanol–water partition coefficient (Wildman–Crippen LogP) is 10.3. The highest BCUT2D eigenvalue weighted by atomic mass is 16.3. The van der Waals surface area contributed by atoms with Gasteiger partial charge < -0.3 is 20.6 Å². The number of rotatable bonds is 35. The molecule has 3 atom stereocenters. The first-order valence-corrected chi connectivity index (χ1v) is 19.3. The van der Waals surface area contributed by atoms with E-state index in [9.17, 15) is 20.1 Å². The number of unbranched alkanes of at least 4 members (excludes halogenated alkanes) is 26. The van der Waals surface area contributed by atoms with Crippen LogP contribution in [0.1, 0.15) is 213 Å². The van der Waals surface area contributed by atoms with Crippen molar-refractivity contribution in [2.75, 3.05) is 6.61 Å². The molecule has 0 spiro atoms. The average molecular weight is 612 g/mol. The lowest BCUT2D eigenvalue weighted by molar-refractivity contribution is -0.125. The van der Waals surface area contributed by atoms with Crippen molar-refractivity contribution in [1.29, 1.82) is 0 Å². The molecule has 258 valence electrons. The number of hydrogen-bond acceptors (Lipinski definition) is 4. The Labute approximate surface area is 268 Å². The molecular weight excluding hydrogens is 534 g/mol. The van der Waals surface area contributed by atoms with Crippen molar-refractivity contribution in [2.45, 2.75) is 231 Å². The molecule has 0 saturated carbocycles. The first-order valence-electron chi connectivity index (χ1n) is 19.3. The molecule has 3 unspecified atom stereocenters. The van der Waals surface area contributed by atoms with Crippen LogP contribution in [0.15, 0.2) is 0 Å². The van der Waals surface area contributed by atoms with Gasteiger partial charge in [-0.3, -0.25) is 4.79 Å². The first-order chi connectivity index (χ1) is 21.0. The van der Waals surface area contributed by atoms with Crippen LogP contribution in [-0.4, -0.2) is 46.1 Å². The second kappa shape index (κ2) is 34.2. The summed E-state index contributed by atoms with van der Waals surface area (Å²) in [7, 11) is 0. The van der Waals surface area contributed by atoms with Gasteiger partial charge in [-0.1, -0.05) is 194 Å². The largest absolute Gasteiger partial charge is 0.394 e. The molecule has 0 heterocycles. The van der Waals surface area contributed by atoms with Gasteiger partial charge in [0.2, 0.25) is 5.91 Å². The zero-order valence-corrected chi connectivity index (χ0v) is 29.1. The maximum absolute atomic E-state index is 12.4. The van der Waals surface area contributed by atoms with Crippen LogP contribution < -0.4 is 5.32 Å². The van der Waals surface area contributed by atoms with Crippen LogP contribution in [0.2, 0.25) is 0 Å². The summed E-state index contributed by atoms with van der Waals surface area (Å²) in [6.07, 6.45) is 36.2. The lowest BCUT2D eigenvalue weighted by Crippen LogP contribution is -2.46. The van der Waals surface area contributed by atoms with E-state index in [0.29, 0.717) is 12.8 Å². The zero-order chi connectivity index (χ0) is 31.6. The minimum Gasteiger partial charge on any atom is -0.394 e. The third-order valence-corrected chi connectivity index (χ3v) is 9.17. The van der Waals surface area contributed by atoms with Gasteiger partial charge in [0.05, 0.1) is 31.3 Å².